The first-order chi connectivity index (χ1) is 11.7. The van der Waals surface area contributed by atoms with E-state index in [1.54, 1.807) is 0 Å². The third kappa shape index (κ3) is 2.84. The van der Waals surface area contributed by atoms with Gasteiger partial charge in [-0.2, -0.15) is 0 Å². The van der Waals surface area contributed by atoms with Gasteiger partial charge in [-0.15, -0.1) is 0 Å². The summed E-state index contributed by atoms with van der Waals surface area (Å²) >= 11 is 0. The number of nitrogens with one attached hydrogen (secondary N) is 2. The lowest BCUT2D eigenvalue weighted by molar-refractivity contribution is -0.122. The molecule has 0 aliphatic heterocycles. The monoisotopic (exact) mass is 322 g/mol. The first-order valence-electron chi connectivity index (χ1n) is 8.69. The first kappa shape index (κ1) is 15.1. The Morgan fingerprint density at radius 3 is 2.67 bits per heavy atom. The van der Waals surface area contributed by atoms with Crippen molar-refractivity contribution < 1.29 is 9.21 Å². The van der Waals surface area contributed by atoms with Crippen LogP contribution in [0.25, 0.3) is 21.9 Å². The van der Waals surface area contributed by atoms with Gasteiger partial charge in [0.1, 0.15) is 17.2 Å². The van der Waals surface area contributed by atoms with Crippen molar-refractivity contribution >= 4 is 33.5 Å². The van der Waals surface area contributed by atoms with Crippen LogP contribution in [0.4, 0.5) is 5.69 Å². The number of carbonyl (C=O) groups is 1. The molecule has 1 heterocycles. The summed E-state index contributed by atoms with van der Waals surface area (Å²) in [6.07, 6.45) is 4.64. The molecule has 4 nitrogen and oxygen atoms in total. The maximum absolute atomic E-state index is 12.3. The van der Waals surface area contributed by atoms with E-state index in [-0.39, 0.29) is 11.9 Å². The first-order valence-corrected chi connectivity index (χ1v) is 8.69. The van der Waals surface area contributed by atoms with Crippen molar-refractivity contribution in [1.82, 2.24) is 5.32 Å². The smallest absolute Gasteiger partial charge is 0.242 e. The number of benzene rings is 2. The SMILES string of the molecule is C[C@H](Nc1ccc2oc3ccccc3c2c1)C(=O)NC1CCCC1. The maximum atomic E-state index is 12.3. The Bertz CT molecular complexity index is 878. The maximum Gasteiger partial charge on any atom is 0.242 e. The van der Waals surface area contributed by atoms with Crippen molar-refractivity contribution in [2.24, 2.45) is 0 Å². The van der Waals surface area contributed by atoms with E-state index in [4.69, 9.17) is 4.42 Å². The molecule has 4 heteroatoms. The summed E-state index contributed by atoms with van der Waals surface area (Å²) in [4.78, 5) is 12.3. The Morgan fingerprint density at radius 2 is 1.83 bits per heavy atom. The second kappa shape index (κ2) is 6.19. The van der Waals surface area contributed by atoms with Crippen LogP contribution in [0.2, 0.25) is 0 Å². The zero-order valence-electron chi connectivity index (χ0n) is 13.8. The van der Waals surface area contributed by atoms with Crippen LogP contribution >= 0.6 is 0 Å². The summed E-state index contributed by atoms with van der Waals surface area (Å²) in [5.74, 6) is 0.0686. The van der Waals surface area contributed by atoms with Gasteiger partial charge in [0.2, 0.25) is 5.91 Å². The Balaban J connectivity index is 1.53. The summed E-state index contributed by atoms with van der Waals surface area (Å²) in [6, 6.07) is 14.1. The number of furan rings is 1. The van der Waals surface area contributed by atoms with E-state index in [1.165, 1.54) is 12.8 Å². The Hall–Kier alpha value is -2.49. The van der Waals surface area contributed by atoms with E-state index >= 15 is 0 Å². The lowest BCUT2D eigenvalue weighted by Crippen LogP contribution is -2.42. The summed E-state index contributed by atoms with van der Waals surface area (Å²) in [5, 5.41) is 8.61. The highest BCUT2D eigenvalue weighted by molar-refractivity contribution is 6.06. The van der Waals surface area contributed by atoms with Crippen LogP contribution in [0.3, 0.4) is 0 Å². The van der Waals surface area contributed by atoms with Crippen molar-refractivity contribution in [3.63, 3.8) is 0 Å². The second-order valence-corrected chi connectivity index (χ2v) is 6.67. The molecule has 1 saturated carbocycles. The van der Waals surface area contributed by atoms with Crippen LogP contribution in [-0.4, -0.2) is 18.0 Å². The highest BCUT2D eigenvalue weighted by Gasteiger charge is 2.20. The summed E-state index contributed by atoms with van der Waals surface area (Å²) < 4.78 is 5.84. The van der Waals surface area contributed by atoms with Gasteiger partial charge in [0.25, 0.3) is 0 Å². The highest BCUT2D eigenvalue weighted by atomic mass is 16.3. The van der Waals surface area contributed by atoms with Crippen molar-refractivity contribution in [3.05, 3.63) is 42.5 Å². The molecule has 0 unspecified atom stereocenters. The number of hydrogen-bond acceptors (Lipinski definition) is 3. The van der Waals surface area contributed by atoms with Gasteiger partial charge in [-0.1, -0.05) is 31.0 Å². The van der Waals surface area contributed by atoms with Crippen molar-refractivity contribution in [3.8, 4) is 0 Å². The fourth-order valence-corrected chi connectivity index (χ4v) is 3.53. The number of rotatable bonds is 4. The van der Waals surface area contributed by atoms with Gasteiger partial charge >= 0.3 is 0 Å². The fraction of sp³-hybridized carbons (Fsp3) is 0.350. The molecule has 0 spiro atoms. The fourth-order valence-electron chi connectivity index (χ4n) is 3.53. The Labute approximate surface area is 141 Å². The normalized spacial score (nSPS) is 16.5. The lowest BCUT2D eigenvalue weighted by Gasteiger charge is -2.18. The minimum atomic E-state index is -0.263. The van der Waals surface area contributed by atoms with E-state index in [0.717, 1.165) is 40.5 Å². The van der Waals surface area contributed by atoms with Crippen molar-refractivity contribution in [1.29, 1.82) is 0 Å². The Kier molecular flexibility index (Phi) is 3.89. The van der Waals surface area contributed by atoms with E-state index < -0.39 is 0 Å². The molecular weight excluding hydrogens is 300 g/mol. The quantitative estimate of drug-likeness (QED) is 0.746. The largest absolute Gasteiger partial charge is 0.456 e. The van der Waals surface area contributed by atoms with E-state index in [0.29, 0.717) is 6.04 Å². The molecular formula is C20H22N2O2. The van der Waals surface area contributed by atoms with Crippen LogP contribution < -0.4 is 10.6 Å². The number of anilines is 1. The molecule has 2 N–H and O–H groups in total. The van der Waals surface area contributed by atoms with Crippen molar-refractivity contribution in [2.75, 3.05) is 5.32 Å². The average molecular weight is 322 g/mol. The molecule has 1 fully saturated rings. The van der Waals surface area contributed by atoms with Gasteiger partial charge in [0.05, 0.1) is 0 Å². The molecule has 1 amide bonds. The molecule has 0 bridgehead atoms. The van der Waals surface area contributed by atoms with E-state index in [2.05, 4.69) is 22.8 Å². The molecule has 24 heavy (non-hydrogen) atoms. The predicted molar refractivity (Wildman–Crippen MR) is 97.2 cm³/mol. The predicted octanol–water partition coefficient (Wildman–Crippen LogP) is 4.45. The lowest BCUT2D eigenvalue weighted by atomic mass is 10.1. The highest BCUT2D eigenvalue weighted by Crippen LogP contribution is 2.30. The number of para-hydroxylation sites is 1. The number of carbonyl (C=O) groups excluding carboxylic acids is 1. The third-order valence-corrected chi connectivity index (χ3v) is 4.85. The van der Waals surface area contributed by atoms with Gasteiger partial charge in [-0.25, -0.2) is 0 Å². The molecule has 1 aromatic heterocycles. The number of fused-ring (bicyclic) bond motifs is 3. The molecule has 1 atom stereocenters. The van der Waals surface area contributed by atoms with Crippen LogP contribution in [0.5, 0.6) is 0 Å². The minimum absolute atomic E-state index is 0.0686. The third-order valence-electron chi connectivity index (χ3n) is 4.85. The van der Waals surface area contributed by atoms with Gasteiger partial charge in [-0.05, 0) is 44.0 Å². The van der Waals surface area contributed by atoms with Gasteiger partial charge in [-0.3, -0.25) is 4.79 Å². The van der Waals surface area contributed by atoms with E-state index in [1.807, 2.05) is 37.3 Å². The molecule has 0 radical (unpaired) electrons. The molecule has 0 saturated heterocycles. The summed E-state index contributed by atoms with van der Waals surface area (Å²) in [7, 11) is 0. The van der Waals surface area contributed by atoms with Crippen LogP contribution in [0.1, 0.15) is 32.6 Å². The van der Waals surface area contributed by atoms with Crippen LogP contribution in [0, 0.1) is 0 Å². The standard InChI is InChI=1S/C20H22N2O2/c1-13(20(23)22-14-6-2-3-7-14)21-15-10-11-19-17(12-15)16-8-4-5-9-18(16)24-19/h4-5,8-14,21H,2-3,6-7H2,1H3,(H,22,23)/t13-/m0/s1. The van der Waals surface area contributed by atoms with Crippen LogP contribution in [0.15, 0.2) is 46.9 Å². The molecule has 3 aromatic rings. The number of hydrogen-bond donors (Lipinski definition) is 2. The molecule has 1 aliphatic rings. The second-order valence-electron chi connectivity index (χ2n) is 6.67. The zero-order chi connectivity index (χ0) is 16.5. The Morgan fingerprint density at radius 1 is 1.08 bits per heavy atom. The van der Waals surface area contributed by atoms with Crippen LogP contribution in [-0.2, 0) is 4.79 Å². The van der Waals surface area contributed by atoms with Gasteiger partial charge < -0.3 is 15.1 Å². The zero-order valence-corrected chi connectivity index (χ0v) is 13.8. The molecule has 2 aromatic carbocycles. The van der Waals surface area contributed by atoms with E-state index in [9.17, 15) is 4.79 Å². The molecule has 4 rings (SSSR count). The molecule has 1 aliphatic carbocycles. The summed E-state index contributed by atoms with van der Waals surface area (Å²) in [6.45, 7) is 1.90. The topological polar surface area (TPSA) is 54.3 Å². The minimum Gasteiger partial charge on any atom is -0.456 e. The van der Waals surface area contributed by atoms with Gasteiger partial charge in [0.15, 0.2) is 0 Å². The summed E-state index contributed by atoms with van der Waals surface area (Å²) in [5.41, 5.74) is 2.68. The van der Waals surface area contributed by atoms with Gasteiger partial charge in [0, 0.05) is 22.5 Å². The average Bonchev–Trinajstić information content (AvgIpc) is 3.22. The molecule has 124 valence electrons. The number of amides is 1. The van der Waals surface area contributed by atoms with Crippen molar-refractivity contribution in [2.45, 2.75) is 44.7 Å².